The molecule has 6 heteroatoms. The van der Waals surface area contributed by atoms with E-state index in [-0.39, 0.29) is 24.3 Å². The molecule has 5 nitrogen and oxygen atoms in total. The number of benzene rings is 2. The van der Waals surface area contributed by atoms with Crippen molar-refractivity contribution in [3.05, 3.63) is 83.4 Å². The molecule has 0 aliphatic rings. The Morgan fingerprint density at radius 2 is 1.81 bits per heavy atom. The van der Waals surface area contributed by atoms with Crippen LogP contribution in [0.2, 0.25) is 0 Å². The van der Waals surface area contributed by atoms with Crippen LogP contribution in [0.4, 0.5) is 4.39 Å². The summed E-state index contributed by atoms with van der Waals surface area (Å²) in [7, 11) is 0. The van der Waals surface area contributed by atoms with Gasteiger partial charge in [-0.3, -0.25) is 4.79 Å². The molecule has 2 aromatic heterocycles. The molecule has 1 unspecified atom stereocenters. The highest BCUT2D eigenvalue weighted by Crippen LogP contribution is 2.30. The monoisotopic (exact) mass is 430 g/mol. The van der Waals surface area contributed by atoms with Crippen LogP contribution in [0.15, 0.2) is 60.8 Å². The number of aromatic nitrogens is 3. The number of pyridine rings is 1. The van der Waals surface area contributed by atoms with Gasteiger partial charge in [-0.05, 0) is 60.7 Å². The zero-order valence-electron chi connectivity index (χ0n) is 18.6. The van der Waals surface area contributed by atoms with Crippen LogP contribution in [0, 0.1) is 12.7 Å². The highest BCUT2D eigenvalue weighted by atomic mass is 19.1. The van der Waals surface area contributed by atoms with E-state index < -0.39 is 0 Å². The van der Waals surface area contributed by atoms with Gasteiger partial charge in [0, 0.05) is 11.6 Å². The summed E-state index contributed by atoms with van der Waals surface area (Å²) < 4.78 is 15.0. The zero-order chi connectivity index (χ0) is 22.7. The number of hydrogen-bond donors (Lipinski definition) is 1. The van der Waals surface area contributed by atoms with Gasteiger partial charge >= 0.3 is 0 Å². The number of amides is 1. The van der Waals surface area contributed by atoms with E-state index in [1.54, 1.807) is 23.0 Å². The summed E-state index contributed by atoms with van der Waals surface area (Å²) in [5.74, 6) is -0.411. The maximum Gasteiger partial charge on any atom is 0.242 e. The van der Waals surface area contributed by atoms with E-state index in [1.165, 1.54) is 17.7 Å². The molecule has 32 heavy (non-hydrogen) atoms. The number of aryl methyl sites for hydroxylation is 2. The van der Waals surface area contributed by atoms with Gasteiger partial charge < -0.3 is 5.32 Å². The van der Waals surface area contributed by atoms with Crippen LogP contribution in [0.3, 0.4) is 0 Å². The third kappa shape index (κ3) is 4.54. The van der Waals surface area contributed by atoms with Gasteiger partial charge in [-0.25, -0.2) is 14.1 Å². The Kier molecular flexibility index (Phi) is 6.30. The molecular weight excluding hydrogens is 403 g/mol. The molecule has 0 saturated carbocycles. The van der Waals surface area contributed by atoms with Gasteiger partial charge in [0.1, 0.15) is 12.4 Å². The number of halogens is 1. The summed E-state index contributed by atoms with van der Waals surface area (Å²) in [5, 5.41) is 8.49. The number of hydrogen-bond acceptors (Lipinski definition) is 3. The Hall–Kier alpha value is -3.54. The molecule has 164 valence electrons. The molecule has 0 saturated heterocycles. The Morgan fingerprint density at radius 1 is 1.09 bits per heavy atom. The summed E-state index contributed by atoms with van der Waals surface area (Å²) in [6.45, 7) is 6.10. The van der Waals surface area contributed by atoms with Crippen LogP contribution in [0.1, 0.15) is 43.1 Å². The van der Waals surface area contributed by atoms with Gasteiger partial charge in [0.15, 0.2) is 5.65 Å². The van der Waals surface area contributed by atoms with Crippen molar-refractivity contribution in [3.63, 3.8) is 0 Å². The van der Waals surface area contributed by atoms with Crippen LogP contribution in [-0.2, 0) is 17.8 Å². The fourth-order valence-corrected chi connectivity index (χ4v) is 4.03. The molecule has 4 aromatic rings. The third-order valence-electron chi connectivity index (χ3n) is 5.65. The van der Waals surface area contributed by atoms with Crippen molar-refractivity contribution in [2.24, 2.45) is 0 Å². The Bertz CT molecular complexity index is 1230. The fraction of sp³-hybridized carbons (Fsp3) is 0.269. The molecule has 1 amide bonds. The van der Waals surface area contributed by atoms with Crippen molar-refractivity contribution in [1.82, 2.24) is 20.1 Å². The lowest BCUT2D eigenvalue weighted by atomic mass is 10.0. The molecule has 1 N–H and O–H groups in total. The lowest BCUT2D eigenvalue weighted by Crippen LogP contribution is -2.30. The largest absolute Gasteiger partial charge is 0.348 e. The van der Waals surface area contributed by atoms with Crippen molar-refractivity contribution >= 4 is 16.9 Å². The second-order valence-corrected chi connectivity index (χ2v) is 8.09. The van der Waals surface area contributed by atoms with Crippen molar-refractivity contribution in [3.8, 4) is 11.1 Å². The van der Waals surface area contributed by atoms with Gasteiger partial charge in [-0.15, -0.1) is 0 Å². The SMILES string of the molecule is CCCc1ccc(C(C)NC(=O)Cn2nc(C)c3c(-c4ccc(F)cc4)ccnc32)cc1. The minimum atomic E-state index is -0.280. The van der Waals surface area contributed by atoms with Crippen LogP contribution in [-0.4, -0.2) is 20.7 Å². The Labute approximate surface area is 187 Å². The first kappa shape index (κ1) is 21.7. The standard InChI is InChI=1S/C26H27FN4O/c1-4-5-19-6-8-20(9-7-19)17(2)29-24(32)16-31-26-25(18(3)30-31)23(14-15-28-26)21-10-12-22(27)13-11-21/h6-15,17H,4-5,16H2,1-3H3,(H,29,32). The Morgan fingerprint density at radius 3 is 2.50 bits per heavy atom. The molecular formula is C26H27FN4O. The van der Waals surface area contributed by atoms with Crippen LogP contribution in [0.25, 0.3) is 22.2 Å². The minimum absolute atomic E-state index is 0.0719. The maximum absolute atomic E-state index is 13.4. The number of fused-ring (bicyclic) bond motifs is 1. The summed E-state index contributed by atoms with van der Waals surface area (Å²) >= 11 is 0. The second-order valence-electron chi connectivity index (χ2n) is 8.09. The van der Waals surface area contributed by atoms with E-state index in [1.807, 2.05) is 19.9 Å². The quantitative estimate of drug-likeness (QED) is 0.428. The highest BCUT2D eigenvalue weighted by molar-refractivity contribution is 5.95. The summed E-state index contributed by atoms with van der Waals surface area (Å²) in [6.07, 6.45) is 3.86. The number of rotatable bonds is 7. The van der Waals surface area contributed by atoms with Crippen LogP contribution in [0.5, 0.6) is 0 Å². The molecule has 1 atom stereocenters. The van der Waals surface area contributed by atoms with Crippen molar-refractivity contribution < 1.29 is 9.18 Å². The van der Waals surface area contributed by atoms with E-state index in [9.17, 15) is 9.18 Å². The van der Waals surface area contributed by atoms with Crippen molar-refractivity contribution in [2.45, 2.75) is 46.2 Å². The topological polar surface area (TPSA) is 59.8 Å². The molecule has 2 aromatic carbocycles. The van der Waals surface area contributed by atoms with Gasteiger partial charge in [0.25, 0.3) is 0 Å². The number of carbonyl (C=O) groups excluding carboxylic acids is 1. The average molecular weight is 431 g/mol. The fourth-order valence-electron chi connectivity index (χ4n) is 4.03. The van der Waals surface area contributed by atoms with E-state index >= 15 is 0 Å². The van der Waals surface area contributed by atoms with Crippen LogP contribution < -0.4 is 5.32 Å². The smallest absolute Gasteiger partial charge is 0.242 e. The molecule has 0 fully saturated rings. The first-order chi connectivity index (χ1) is 15.5. The average Bonchev–Trinajstić information content (AvgIpc) is 3.10. The predicted molar refractivity (Wildman–Crippen MR) is 125 cm³/mol. The zero-order valence-corrected chi connectivity index (χ0v) is 18.6. The number of nitrogens with zero attached hydrogens (tertiary/aromatic N) is 3. The van der Waals surface area contributed by atoms with Crippen molar-refractivity contribution in [1.29, 1.82) is 0 Å². The molecule has 0 spiro atoms. The third-order valence-corrected chi connectivity index (χ3v) is 5.65. The van der Waals surface area contributed by atoms with Gasteiger partial charge in [0.05, 0.1) is 11.7 Å². The van der Waals surface area contributed by atoms with Gasteiger partial charge in [0.2, 0.25) is 5.91 Å². The summed E-state index contributed by atoms with van der Waals surface area (Å²) in [4.78, 5) is 17.2. The molecule has 4 rings (SSSR count). The first-order valence-electron chi connectivity index (χ1n) is 10.9. The van der Waals surface area contributed by atoms with Crippen molar-refractivity contribution in [2.75, 3.05) is 0 Å². The first-order valence-corrected chi connectivity index (χ1v) is 10.9. The maximum atomic E-state index is 13.4. The van der Waals surface area contributed by atoms with Gasteiger partial charge in [-0.1, -0.05) is 49.7 Å². The Balaban J connectivity index is 1.53. The summed E-state index contributed by atoms with van der Waals surface area (Å²) in [6, 6.07) is 16.5. The normalized spacial score (nSPS) is 12.1. The van der Waals surface area contributed by atoms with Gasteiger partial charge in [-0.2, -0.15) is 5.10 Å². The minimum Gasteiger partial charge on any atom is -0.348 e. The predicted octanol–water partition coefficient (Wildman–Crippen LogP) is 5.38. The van der Waals surface area contributed by atoms with E-state index in [2.05, 4.69) is 46.6 Å². The highest BCUT2D eigenvalue weighted by Gasteiger charge is 2.17. The molecule has 0 aliphatic carbocycles. The lowest BCUT2D eigenvalue weighted by molar-refractivity contribution is -0.122. The lowest BCUT2D eigenvalue weighted by Gasteiger charge is -2.15. The molecule has 2 heterocycles. The van der Waals surface area contributed by atoms with E-state index in [4.69, 9.17) is 0 Å². The van der Waals surface area contributed by atoms with E-state index in [0.29, 0.717) is 5.65 Å². The summed E-state index contributed by atoms with van der Waals surface area (Å²) in [5.41, 5.74) is 5.58. The molecule has 0 radical (unpaired) electrons. The molecule has 0 bridgehead atoms. The number of carbonyl (C=O) groups is 1. The number of nitrogens with one attached hydrogen (secondary N) is 1. The van der Waals surface area contributed by atoms with E-state index in [0.717, 1.165) is 40.6 Å². The van der Waals surface area contributed by atoms with Crippen LogP contribution >= 0.6 is 0 Å². The molecule has 0 aliphatic heterocycles. The second kappa shape index (κ2) is 9.30.